The van der Waals surface area contributed by atoms with Gasteiger partial charge >= 0.3 is 12.1 Å². The number of carbonyl (C=O) groups is 3. The van der Waals surface area contributed by atoms with Crippen LogP contribution in [0.5, 0.6) is 0 Å². The molecule has 6 atom stereocenters. The standard InChI is InChI=1S/C27H43N5O7S/c1-5-17(3)23(14-29-24(18(4)6-2)25(33)31-22-11-12-38-26(22)34)28-13-20(16-40)30-27(35)39-15-19-7-9-21(10-8-19)32(36)37/h7-10,17-18,20,22-24,28-29,40H,5-6,11-16H2,1-4H3,(H,30,35)(H,31,33). The Hall–Kier alpha value is -2.90. The molecule has 0 saturated carbocycles. The third kappa shape index (κ3) is 10.6. The number of rotatable bonds is 17. The zero-order valence-electron chi connectivity index (χ0n) is 23.7. The Kier molecular flexibility index (Phi) is 14.2. The second-order valence-corrected chi connectivity index (χ2v) is 10.6. The van der Waals surface area contributed by atoms with Crippen LogP contribution in [0.3, 0.4) is 0 Å². The summed E-state index contributed by atoms with van der Waals surface area (Å²) in [5, 5.41) is 23.3. The maximum atomic E-state index is 13.0. The zero-order valence-corrected chi connectivity index (χ0v) is 24.6. The molecule has 12 nitrogen and oxygen atoms in total. The Labute approximate surface area is 241 Å². The Morgan fingerprint density at radius 1 is 1.12 bits per heavy atom. The van der Waals surface area contributed by atoms with Gasteiger partial charge in [-0.05, 0) is 29.5 Å². The number of non-ortho nitro benzene ring substituents is 1. The van der Waals surface area contributed by atoms with Gasteiger partial charge in [-0.3, -0.25) is 14.9 Å². The number of benzene rings is 1. The summed E-state index contributed by atoms with van der Waals surface area (Å²) in [6.45, 7) is 9.46. The third-order valence-electron chi connectivity index (χ3n) is 7.32. The summed E-state index contributed by atoms with van der Waals surface area (Å²) in [4.78, 5) is 47.5. The van der Waals surface area contributed by atoms with Crippen molar-refractivity contribution in [3.05, 3.63) is 39.9 Å². The first-order chi connectivity index (χ1) is 19.1. The molecule has 13 heteroatoms. The van der Waals surface area contributed by atoms with E-state index in [0.717, 1.165) is 12.8 Å². The maximum Gasteiger partial charge on any atom is 0.407 e. The number of nitro benzene ring substituents is 1. The molecule has 0 radical (unpaired) electrons. The van der Waals surface area contributed by atoms with Gasteiger partial charge in [0.2, 0.25) is 5.91 Å². The van der Waals surface area contributed by atoms with Crippen molar-refractivity contribution in [1.82, 2.24) is 21.3 Å². The number of hydrogen-bond donors (Lipinski definition) is 5. The van der Waals surface area contributed by atoms with Crippen LogP contribution in [0.4, 0.5) is 10.5 Å². The minimum atomic E-state index is -0.614. The first-order valence-electron chi connectivity index (χ1n) is 13.8. The number of esters is 1. The molecular formula is C27H43N5O7S. The molecule has 0 bridgehead atoms. The van der Waals surface area contributed by atoms with Gasteiger partial charge in [0.1, 0.15) is 12.6 Å². The van der Waals surface area contributed by atoms with E-state index in [1.807, 2.05) is 13.8 Å². The molecule has 1 aliphatic rings. The van der Waals surface area contributed by atoms with Crippen LogP contribution in [0.1, 0.15) is 52.5 Å². The summed E-state index contributed by atoms with van der Waals surface area (Å²) in [5.74, 6) is 0.0779. The van der Waals surface area contributed by atoms with Crippen molar-refractivity contribution in [1.29, 1.82) is 0 Å². The normalized spacial score (nSPS) is 18.6. The van der Waals surface area contributed by atoms with Gasteiger partial charge in [-0.1, -0.05) is 40.5 Å². The Balaban J connectivity index is 1.90. The second kappa shape index (κ2) is 17.0. The van der Waals surface area contributed by atoms with Gasteiger partial charge in [0.25, 0.3) is 5.69 Å². The van der Waals surface area contributed by atoms with Crippen LogP contribution >= 0.6 is 12.6 Å². The largest absolute Gasteiger partial charge is 0.464 e. The number of carbonyl (C=O) groups excluding carboxylic acids is 3. The molecule has 2 rings (SSSR count). The Bertz CT molecular complexity index is 981. The maximum absolute atomic E-state index is 13.0. The molecule has 2 amide bonds. The molecule has 40 heavy (non-hydrogen) atoms. The number of nitrogens with one attached hydrogen (secondary N) is 4. The van der Waals surface area contributed by atoms with Crippen molar-refractivity contribution >= 4 is 36.3 Å². The van der Waals surface area contributed by atoms with Crippen LogP contribution in [0, 0.1) is 22.0 Å². The Morgan fingerprint density at radius 2 is 1.80 bits per heavy atom. The van der Waals surface area contributed by atoms with E-state index in [-0.39, 0.29) is 42.1 Å². The van der Waals surface area contributed by atoms with Gasteiger partial charge in [0.15, 0.2) is 0 Å². The third-order valence-corrected chi connectivity index (χ3v) is 7.76. The van der Waals surface area contributed by atoms with Crippen LogP contribution in [0.25, 0.3) is 0 Å². The predicted octanol–water partition coefficient (Wildman–Crippen LogP) is 2.56. The highest BCUT2D eigenvalue weighted by Gasteiger charge is 2.32. The fourth-order valence-electron chi connectivity index (χ4n) is 4.22. The number of hydrogen-bond acceptors (Lipinski definition) is 10. The lowest BCUT2D eigenvalue weighted by atomic mass is 9.95. The number of ether oxygens (including phenoxy) is 2. The topological polar surface area (TPSA) is 161 Å². The molecule has 0 spiro atoms. The minimum absolute atomic E-state index is 0.00103. The first-order valence-corrected chi connectivity index (χ1v) is 14.4. The van der Waals surface area contributed by atoms with Crippen molar-refractivity contribution < 1.29 is 28.8 Å². The molecule has 1 heterocycles. The van der Waals surface area contributed by atoms with E-state index in [4.69, 9.17) is 9.47 Å². The molecule has 1 saturated heterocycles. The lowest BCUT2D eigenvalue weighted by molar-refractivity contribution is -0.384. The van der Waals surface area contributed by atoms with Gasteiger partial charge in [-0.15, -0.1) is 0 Å². The molecule has 0 aromatic heterocycles. The summed E-state index contributed by atoms with van der Waals surface area (Å²) in [7, 11) is 0. The van der Waals surface area contributed by atoms with Gasteiger partial charge in [0.05, 0.1) is 23.6 Å². The molecule has 0 aliphatic carbocycles. The highest BCUT2D eigenvalue weighted by atomic mass is 32.1. The monoisotopic (exact) mass is 581 g/mol. The van der Waals surface area contributed by atoms with Gasteiger partial charge < -0.3 is 30.7 Å². The number of nitrogens with zero attached hydrogens (tertiary/aromatic N) is 1. The van der Waals surface area contributed by atoms with Crippen LogP contribution < -0.4 is 21.3 Å². The highest BCUT2D eigenvalue weighted by Crippen LogP contribution is 2.14. The summed E-state index contributed by atoms with van der Waals surface area (Å²) in [6, 6.07) is 4.41. The van der Waals surface area contributed by atoms with Crippen molar-refractivity contribution in [2.45, 2.75) is 77.7 Å². The number of thiol groups is 1. The number of cyclic esters (lactones) is 1. The van der Waals surface area contributed by atoms with Crippen LogP contribution in [0.2, 0.25) is 0 Å². The van der Waals surface area contributed by atoms with Crippen LogP contribution in [-0.4, -0.2) is 72.5 Å². The average Bonchev–Trinajstić information content (AvgIpc) is 3.35. The molecule has 4 N–H and O–H groups in total. The summed E-state index contributed by atoms with van der Waals surface area (Å²) < 4.78 is 10.2. The fourth-order valence-corrected chi connectivity index (χ4v) is 4.44. The summed E-state index contributed by atoms with van der Waals surface area (Å²) >= 11 is 4.37. The van der Waals surface area contributed by atoms with Gasteiger partial charge in [0, 0.05) is 43.4 Å². The molecule has 6 unspecified atom stereocenters. The van der Waals surface area contributed by atoms with Gasteiger partial charge in [-0.25, -0.2) is 9.59 Å². The predicted molar refractivity (Wildman–Crippen MR) is 154 cm³/mol. The van der Waals surface area contributed by atoms with E-state index in [0.29, 0.717) is 37.4 Å². The van der Waals surface area contributed by atoms with Crippen LogP contribution in [-0.2, 0) is 25.7 Å². The van der Waals surface area contributed by atoms with Crippen molar-refractivity contribution in [2.75, 3.05) is 25.4 Å². The van der Waals surface area contributed by atoms with E-state index in [2.05, 4.69) is 47.7 Å². The van der Waals surface area contributed by atoms with E-state index in [1.165, 1.54) is 12.1 Å². The van der Waals surface area contributed by atoms with Crippen LogP contribution in [0.15, 0.2) is 24.3 Å². The van der Waals surface area contributed by atoms with E-state index >= 15 is 0 Å². The molecule has 1 fully saturated rings. The first kappa shape index (κ1) is 33.3. The lowest BCUT2D eigenvalue weighted by Crippen LogP contribution is -2.56. The number of alkyl carbamates (subject to hydrolysis) is 1. The van der Waals surface area contributed by atoms with Crippen molar-refractivity contribution in [2.24, 2.45) is 11.8 Å². The summed E-state index contributed by atoms with van der Waals surface area (Å²) in [6.07, 6.45) is 1.55. The van der Waals surface area contributed by atoms with E-state index in [9.17, 15) is 24.5 Å². The quantitative estimate of drug-likeness (QED) is 0.0806. The van der Waals surface area contributed by atoms with Crippen molar-refractivity contribution in [3.8, 4) is 0 Å². The Morgan fingerprint density at radius 3 is 2.35 bits per heavy atom. The van der Waals surface area contributed by atoms with E-state index < -0.39 is 29.1 Å². The zero-order chi connectivity index (χ0) is 29.7. The SMILES string of the molecule is CCC(C)C(CNC(C(=O)NC1CCOC1=O)C(C)CC)NCC(CS)NC(=O)OCc1ccc([N+](=O)[O-])cc1. The second-order valence-electron chi connectivity index (χ2n) is 10.2. The highest BCUT2D eigenvalue weighted by molar-refractivity contribution is 7.80. The average molecular weight is 582 g/mol. The number of nitro groups is 1. The molecular weight excluding hydrogens is 538 g/mol. The smallest absolute Gasteiger partial charge is 0.407 e. The molecule has 224 valence electrons. The van der Waals surface area contributed by atoms with Gasteiger partial charge in [-0.2, -0.15) is 12.6 Å². The lowest BCUT2D eigenvalue weighted by Gasteiger charge is -2.31. The minimum Gasteiger partial charge on any atom is -0.464 e. The molecule has 1 aliphatic heterocycles. The molecule has 1 aromatic rings. The van der Waals surface area contributed by atoms with Crippen molar-refractivity contribution in [3.63, 3.8) is 0 Å². The summed E-state index contributed by atoms with van der Waals surface area (Å²) in [5.41, 5.74) is 0.600. The fraction of sp³-hybridized carbons (Fsp3) is 0.667. The molecule has 1 aromatic carbocycles. The number of amides is 2. The van der Waals surface area contributed by atoms with E-state index in [1.54, 1.807) is 12.1 Å².